The van der Waals surface area contributed by atoms with Gasteiger partial charge in [-0.25, -0.2) is 15.0 Å². The van der Waals surface area contributed by atoms with E-state index in [1.807, 2.05) is 50.9 Å². The van der Waals surface area contributed by atoms with Crippen LogP contribution in [-0.4, -0.2) is 59.9 Å². The number of nitrogens with one attached hydrogen (secondary N) is 2. The first-order valence-electron chi connectivity index (χ1n) is 18.5. The van der Waals surface area contributed by atoms with Gasteiger partial charge < -0.3 is 10.6 Å². The number of anilines is 4. The molecule has 2 aliphatic rings. The summed E-state index contributed by atoms with van der Waals surface area (Å²) < 4.78 is 3.48. The fourth-order valence-electron chi connectivity index (χ4n) is 7.94. The van der Waals surface area contributed by atoms with Crippen molar-refractivity contribution in [1.29, 1.82) is 0 Å². The van der Waals surface area contributed by atoms with Gasteiger partial charge in [-0.1, -0.05) is 58.7 Å². The topological polar surface area (TPSA) is 163 Å². The first kappa shape index (κ1) is 35.3. The Bertz CT molecular complexity index is 2750. The van der Waals surface area contributed by atoms with Crippen LogP contribution < -0.4 is 10.6 Å². The number of hydrogen-bond acceptors (Lipinski definition) is 14. The van der Waals surface area contributed by atoms with E-state index in [9.17, 15) is 0 Å². The number of aryl methyl sites for hydroxylation is 2. The van der Waals surface area contributed by atoms with E-state index in [1.165, 1.54) is 25.7 Å². The second kappa shape index (κ2) is 14.4. The Balaban J connectivity index is 0.916. The monoisotopic (exact) mass is 820 g/mol. The Hall–Kier alpha value is -5.16. The number of pyridine rings is 4. The quantitative estimate of drug-likeness (QED) is 0.133. The summed E-state index contributed by atoms with van der Waals surface area (Å²) in [5, 5.41) is 38.1. The summed E-state index contributed by atoms with van der Waals surface area (Å²) >= 11 is 16.9. The van der Waals surface area contributed by atoms with Gasteiger partial charge in [0.2, 0.25) is 10.3 Å². The molecule has 2 fully saturated rings. The first-order valence-corrected chi connectivity index (χ1v) is 20.9. The Kier molecular flexibility index (Phi) is 9.07. The number of fused-ring (bicyclic) bond motifs is 2. The lowest BCUT2D eigenvalue weighted by Gasteiger charge is -2.16. The van der Waals surface area contributed by atoms with Gasteiger partial charge in [0.25, 0.3) is 0 Å². The molecule has 8 heterocycles. The maximum atomic E-state index is 7.16. The predicted octanol–water partition coefficient (Wildman–Crippen LogP) is 9.58. The van der Waals surface area contributed by atoms with Crippen LogP contribution in [0.4, 0.5) is 21.9 Å². The Morgan fingerprint density at radius 2 is 1.34 bits per heavy atom. The summed E-state index contributed by atoms with van der Waals surface area (Å²) in [6.07, 6.45) is 16.9. The van der Waals surface area contributed by atoms with Crippen molar-refractivity contribution in [3.8, 4) is 22.3 Å². The summed E-state index contributed by atoms with van der Waals surface area (Å²) in [6.45, 7) is 0. The van der Waals surface area contributed by atoms with Gasteiger partial charge in [0.15, 0.2) is 0 Å². The highest BCUT2D eigenvalue weighted by Gasteiger charge is 2.32. The molecule has 2 unspecified atom stereocenters. The number of nitrogens with zero attached hydrogens (tertiary/aromatic N) is 12. The minimum atomic E-state index is 0.207. The van der Waals surface area contributed by atoms with E-state index in [2.05, 4.69) is 52.3 Å². The zero-order chi connectivity index (χ0) is 37.9. The lowest BCUT2D eigenvalue weighted by atomic mass is 9.95. The van der Waals surface area contributed by atoms with Crippen LogP contribution in [0.3, 0.4) is 0 Å². The fourth-order valence-corrected chi connectivity index (χ4v) is 10.3. The predicted molar refractivity (Wildman–Crippen MR) is 220 cm³/mol. The molecular weight excluding hydrogens is 788 g/mol. The molecule has 0 radical (unpaired) electrons. The number of hydrogen-bond donors (Lipinski definition) is 2. The highest BCUT2D eigenvalue weighted by molar-refractivity contribution is 7.15. The first-order chi connectivity index (χ1) is 27.3. The zero-order valence-electron chi connectivity index (χ0n) is 30.3. The molecule has 0 amide bonds. The lowest BCUT2D eigenvalue weighted by molar-refractivity contribution is 0.677. The summed E-state index contributed by atoms with van der Waals surface area (Å²) in [6, 6.07) is 7.82. The maximum absolute atomic E-state index is 7.16. The van der Waals surface area contributed by atoms with Crippen LogP contribution >= 0.6 is 45.9 Å². The molecule has 18 heteroatoms. The molecule has 2 saturated carbocycles. The van der Waals surface area contributed by atoms with Crippen molar-refractivity contribution in [2.75, 3.05) is 10.6 Å². The van der Waals surface area contributed by atoms with Crippen LogP contribution in [0.2, 0.25) is 10.2 Å². The molecule has 2 aliphatic carbocycles. The van der Waals surface area contributed by atoms with E-state index in [0.717, 1.165) is 67.7 Å². The van der Waals surface area contributed by atoms with E-state index < -0.39 is 0 Å². The summed E-state index contributed by atoms with van der Waals surface area (Å²) in [4.78, 5) is 19.4. The molecule has 2 N–H and O–H groups in total. The van der Waals surface area contributed by atoms with Crippen molar-refractivity contribution in [2.24, 2.45) is 14.1 Å². The highest BCUT2D eigenvalue weighted by Crippen LogP contribution is 2.48. The van der Waals surface area contributed by atoms with Crippen molar-refractivity contribution >= 4 is 89.8 Å². The SMILES string of the molecule is Cn1cc(-c2cc3nc(Nc4nnc(C5CCC(c6cc(Nc7nnc(C8CCCC8)s7)nc7c(Cl)c(-c8cnn(C)c8)cnc67)C5)s4)ccc3nc2Cl)cn1. The molecule has 2 atom stereocenters. The normalized spacial score (nSPS) is 17.4. The van der Waals surface area contributed by atoms with Crippen molar-refractivity contribution in [3.05, 3.63) is 81.0 Å². The van der Waals surface area contributed by atoms with Gasteiger partial charge in [0, 0.05) is 66.8 Å². The molecule has 0 saturated heterocycles. The van der Waals surface area contributed by atoms with Crippen molar-refractivity contribution in [3.63, 3.8) is 0 Å². The molecule has 0 aromatic carbocycles. The van der Waals surface area contributed by atoms with E-state index in [4.69, 9.17) is 38.2 Å². The van der Waals surface area contributed by atoms with Crippen LogP contribution in [0.15, 0.2) is 55.2 Å². The van der Waals surface area contributed by atoms with Gasteiger partial charge in [-0.05, 0) is 67.9 Å². The number of aromatic nitrogens is 12. The average molecular weight is 822 g/mol. The van der Waals surface area contributed by atoms with Crippen LogP contribution in [0.1, 0.15) is 78.3 Å². The third-order valence-electron chi connectivity index (χ3n) is 10.7. The lowest BCUT2D eigenvalue weighted by Crippen LogP contribution is -2.03. The maximum Gasteiger partial charge on any atom is 0.211 e. The molecule has 0 bridgehead atoms. The molecule has 0 aliphatic heterocycles. The minimum absolute atomic E-state index is 0.207. The molecular formula is C38H34Cl2N14S2. The molecule has 56 heavy (non-hydrogen) atoms. The zero-order valence-corrected chi connectivity index (χ0v) is 33.5. The van der Waals surface area contributed by atoms with Gasteiger partial charge in [-0.15, -0.1) is 20.4 Å². The summed E-state index contributed by atoms with van der Waals surface area (Å²) in [7, 11) is 3.75. The van der Waals surface area contributed by atoms with Crippen molar-refractivity contribution < 1.29 is 0 Å². The van der Waals surface area contributed by atoms with Gasteiger partial charge in [-0.2, -0.15) is 10.2 Å². The smallest absolute Gasteiger partial charge is 0.211 e. The average Bonchev–Trinajstić information content (AvgIpc) is 4.04. The third kappa shape index (κ3) is 6.73. The molecule has 8 aromatic rings. The molecule has 0 spiro atoms. The van der Waals surface area contributed by atoms with Crippen LogP contribution in [0.5, 0.6) is 0 Å². The van der Waals surface area contributed by atoms with Crippen LogP contribution in [0.25, 0.3) is 44.3 Å². The number of rotatable bonds is 9. The van der Waals surface area contributed by atoms with E-state index in [0.29, 0.717) is 49.4 Å². The largest absolute Gasteiger partial charge is 0.315 e. The minimum Gasteiger partial charge on any atom is -0.315 e. The van der Waals surface area contributed by atoms with E-state index in [1.54, 1.807) is 44.4 Å². The van der Waals surface area contributed by atoms with Crippen molar-refractivity contribution in [1.82, 2.24) is 59.9 Å². The Morgan fingerprint density at radius 1 is 0.661 bits per heavy atom. The third-order valence-corrected chi connectivity index (χ3v) is 13.4. The summed E-state index contributed by atoms with van der Waals surface area (Å²) in [5.41, 5.74) is 7.28. The Labute approximate surface area is 338 Å². The second-order valence-electron chi connectivity index (χ2n) is 14.5. The van der Waals surface area contributed by atoms with Gasteiger partial charge >= 0.3 is 0 Å². The van der Waals surface area contributed by atoms with E-state index >= 15 is 0 Å². The highest BCUT2D eigenvalue weighted by atomic mass is 35.5. The molecule has 10 rings (SSSR count). The van der Waals surface area contributed by atoms with Crippen molar-refractivity contribution in [2.45, 2.75) is 62.7 Å². The fraction of sp³-hybridized carbons (Fsp3) is 0.316. The van der Waals surface area contributed by atoms with E-state index in [-0.39, 0.29) is 11.8 Å². The van der Waals surface area contributed by atoms with Gasteiger partial charge in [-0.3, -0.25) is 14.3 Å². The second-order valence-corrected chi connectivity index (χ2v) is 17.2. The molecule has 14 nitrogen and oxygen atoms in total. The van der Waals surface area contributed by atoms with Crippen LogP contribution in [0, 0.1) is 0 Å². The Morgan fingerprint density at radius 3 is 2.05 bits per heavy atom. The van der Waals surface area contributed by atoms with Crippen LogP contribution in [-0.2, 0) is 14.1 Å². The number of halogens is 2. The standard InChI is InChI=1S/C38H34Cl2N14S2/c1-53-17-22(14-42-53)25-12-28-27(45-34(25)40)9-10-29(44-28)47-37-51-50-36(56-37)21-8-7-20(11-21)24-13-30(48-38-52-49-35(55-38)19-5-3-4-6-19)46-33-31(39)26(16-41-32(24)33)23-15-43-54(2)18-23/h9-10,12-21H,3-8,11H2,1-2H3,(H,44,47,51)(H,46,48,52). The summed E-state index contributed by atoms with van der Waals surface area (Å²) in [5.74, 6) is 2.24. The molecule has 282 valence electrons. The van der Waals surface area contributed by atoms with Gasteiger partial charge in [0.1, 0.15) is 32.3 Å². The molecule has 8 aromatic heterocycles. The van der Waals surface area contributed by atoms with Gasteiger partial charge in [0.05, 0.1) is 34.0 Å².